The minimum Gasteiger partial charge on any atom is -0.340 e. The molecule has 164 valence electrons. The molecular weight excluding hydrogens is 426 g/mol. The minimum atomic E-state index is -3.59. The maximum absolute atomic E-state index is 13.1. The Hall–Kier alpha value is -1.82. The van der Waals surface area contributed by atoms with Crippen molar-refractivity contribution in [2.75, 3.05) is 45.8 Å². The van der Waals surface area contributed by atoms with E-state index in [2.05, 4.69) is 22.0 Å². The van der Waals surface area contributed by atoms with Crippen LogP contribution in [0.3, 0.4) is 0 Å². The first-order valence-electron chi connectivity index (χ1n) is 10.3. The number of aromatic nitrogens is 2. The SMILES string of the molecule is CCN1CCN(C(=O)C2CCN(S(=O)(=O)c3cc(-c4noc(C)n4)cs3)CC2)CC1. The van der Waals surface area contributed by atoms with E-state index in [-0.39, 0.29) is 16.0 Å². The maximum atomic E-state index is 13.1. The number of hydrogen-bond acceptors (Lipinski definition) is 8. The van der Waals surface area contributed by atoms with E-state index in [1.54, 1.807) is 18.4 Å². The van der Waals surface area contributed by atoms with Crippen molar-refractivity contribution >= 4 is 27.3 Å². The number of carbonyl (C=O) groups excluding carboxylic acids is 1. The molecule has 0 spiro atoms. The molecule has 0 aromatic carbocycles. The van der Waals surface area contributed by atoms with Crippen LogP contribution in [0.4, 0.5) is 0 Å². The third-order valence-electron chi connectivity index (χ3n) is 5.89. The molecule has 2 fully saturated rings. The molecule has 30 heavy (non-hydrogen) atoms. The summed E-state index contributed by atoms with van der Waals surface area (Å²) in [6.07, 6.45) is 1.13. The predicted molar refractivity (Wildman–Crippen MR) is 113 cm³/mol. The van der Waals surface area contributed by atoms with Crippen LogP contribution < -0.4 is 0 Å². The van der Waals surface area contributed by atoms with E-state index in [9.17, 15) is 13.2 Å². The first kappa shape index (κ1) is 21.4. The van der Waals surface area contributed by atoms with Gasteiger partial charge < -0.3 is 14.3 Å². The Labute approximate surface area is 180 Å². The van der Waals surface area contributed by atoms with Gasteiger partial charge in [0.05, 0.1) is 0 Å². The molecule has 0 bridgehead atoms. The molecule has 2 saturated heterocycles. The van der Waals surface area contributed by atoms with Crippen LogP contribution in [0.5, 0.6) is 0 Å². The summed E-state index contributed by atoms with van der Waals surface area (Å²) in [4.78, 5) is 21.3. The highest BCUT2D eigenvalue weighted by Gasteiger charge is 2.35. The van der Waals surface area contributed by atoms with Gasteiger partial charge in [0, 0.05) is 63.1 Å². The molecule has 0 radical (unpaired) electrons. The summed E-state index contributed by atoms with van der Waals surface area (Å²) >= 11 is 1.16. The number of nitrogens with zero attached hydrogens (tertiary/aromatic N) is 5. The summed E-state index contributed by atoms with van der Waals surface area (Å²) in [5, 5.41) is 5.57. The lowest BCUT2D eigenvalue weighted by Gasteiger charge is -2.38. The lowest BCUT2D eigenvalue weighted by Crippen LogP contribution is -2.51. The van der Waals surface area contributed by atoms with Crippen LogP contribution in [-0.2, 0) is 14.8 Å². The molecule has 11 heteroatoms. The second-order valence-corrected chi connectivity index (χ2v) is 10.8. The summed E-state index contributed by atoms with van der Waals surface area (Å²) in [5.41, 5.74) is 0.631. The van der Waals surface area contributed by atoms with Gasteiger partial charge in [-0.3, -0.25) is 4.79 Å². The summed E-state index contributed by atoms with van der Waals surface area (Å²) in [6.45, 7) is 8.91. The van der Waals surface area contributed by atoms with Crippen LogP contribution >= 0.6 is 11.3 Å². The fraction of sp³-hybridized carbons (Fsp3) is 0.632. The van der Waals surface area contributed by atoms with Gasteiger partial charge in [-0.1, -0.05) is 12.1 Å². The summed E-state index contributed by atoms with van der Waals surface area (Å²) < 4.78 is 32.8. The zero-order valence-corrected chi connectivity index (χ0v) is 18.9. The zero-order chi connectivity index (χ0) is 21.3. The number of amides is 1. The number of piperidine rings is 1. The molecule has 0 N–H and O–H groups in total. The van der Waals surface area contributed by atoms with Crippen LogP contribution in [0.1, 0.15) is 25.7 Å². The summed E-state index contributed by atoms with van der Waals surface area (Å²) in [6, 6.07) is 1.59. The fourth-order valence-electron chi connectivity index (χ4n) is 4.00. The number of sulfonamides is 1. The number of rotatable bonds is 5. The molecule has 4 rings (SSSR count). The fourth-order valence-corrected chi connectivity index (χ4v) is 6.78. The van der Waals surface area contributed by atoms with Crippen LogP contribution in [-0.4, -0.2) is 84.4 Å². The molecule has 1 amide bonds. The average Bonchev–Trinajstić information content (AvgIpc) is 3.43. The average molecular weight is 454 g/mol. The minimum absolute atomic E-state index is 0.0918. The highest BCUT2D eigenvalue weighted by molar-refractivity contribution is 7.91. The Balaban J connectivity index is 1.36. The molecule has 0 aliphatic carbocycles. The highest BCUT2D eigenvalue weighted by Crippen LogP contribution is 2.31. The van der Waals surface area contributed by atoms with E-state index in [1.165, 1.54) is 4.31 Å². The van der Waals surface area contributed by atoms with E-state index in [1.807, 2.05) is 4.90 Å². The topological polar surface area (TPSA) is 99.8 Å². The van der Waals surface area contributed by atoms with Gasteiger partial charge in [-0.15, -0.1) is 11.3 Å². The van der Waals surface area contributed by atoms with Crippen molar-refractivity contribution in [2.24, 2.45) is 5.92 Å². The van der Waals surface area contributed by atoms with Crippen molar-refractivity contribution in [1.82, 2.24) is 24.2 Å². The molecule has 2 aromatic rings. The molecule has 2 aliphatic rings. The van der Waals surface area contributed by atoms with Crippen molar-refractivity contribution in [1.29, 1.82) is 0 Å². The number of likely N-dealkylation sites (N-methyl/N-ethyl adjacent to an activating group) is 1. The van der Waals surface area contributed by atoms with E-state index in [0.717, 1.165) is 44.1 Å². The van der Waals surface area contributed by atoms with E-state index in [4.69, 9.17) is 4.52 Å². The normalized spacial score (nSPS) is 20.0. The van der Waals surface area contributed by atoms with Crippen LogP contribution in [0.15, 0.2) is 20.2 Å². The van der Waals surface area contributed by atoms with Gasteiger partial charge in [0.1, 0.15) is 4.21 Å². The van der Waals surface area contributed by atoms with E-state index in [0.29, 0.717) is 43.2 Å². The largest absolute Gasteiger partial charge is 0.340 e. The molecule has 4 heterocycles. The maximum Gasteiger partial charge on any atom is 0.252 e. The molecule has 2 aromatic heterocycles. The summed E-state index contributed by atoms with van der Waals surface area (Å²) in [7, 11) is -3.59. The van der Waals surface area contributed by atoms with Gasteiger partial charge in [0.25, 0.3) is 10.0 Å². The molecular formula is C19H27N5O4S2. The van der Waals surface area contributed by atoms with Crippen LogP contribution in [0.25, 0.3) is 11.4 Å². The van der Waals surface area contributed by atoms with Crippen LogP contribution in [0.2, 0.25) is 0 Å². The molecule has 9 nitrogen and oxygen atoms in total. The Kier molecular flexibility index (Phi) is 6.24. The molecule has 0 atom stereocenters. The number of carbonyl (C=O) groups is 1. The number of aryl methyl sites for hydroxylation is 1. The Morgan fingerprint density at radius 2 is 1.90 bits per heavy atom. The lowest BCUT2D eigenvalue weighted by molar-refractivity contribution is -0.138. The van der Waals surface area contributed by atoms with Gasteiger partial charge in [-0.05, 0) is 25.5 Å². The van der Waals surface area contributed by atoms with Gasteiger partial charge >= 0.3 is 0 Å². The Morgan fingerprint density at radius 1 is 1.20 bits per heavy atom. The lowest BCUT2D eigenvalue weighted by atomic mass is 9.96. The quantitative estimate of drug-likeness (QED) is 0.679. The van der Waals surface area contributed by atoms with Crippen molar-refractivity contribution in [3.8, 4) is 11.4 Å². The predicted octanol–water partition coefficient (Wildman–Crippen LogP) is 1.67. The van der Waals surface area contributed by atoms with E-state index < -0.39 is 10.0 Å². The number of hydrogen-bond donors (Lipinski definition) is 0. The van der Waals surface area contributed by atoms with Crippen molar-refractivity contribution < 1.29 is 17.7 Å². The highest BCUT2D eigenvalue weighted by atomic mass is 32.2. The first-order chi connectivity index (χ1) is 14.4. The van der Waals surface area contributed by atoms with Gasteiger partial charge in [-0.2, -0.15) is 9.29 Å². The standard InChI is InChI=1S/C19H27N5O4S2/c1-3-22-8-10-23(11-9-22)19(25)15-4-6-24(7-5-15)30(26,27)17-12-16(13-29-17)18-20-14(2)28-21-18/h12-13,15H,3-11H2,1-2H3. The zero-order valence-electron chi connectivity index (χ0n) is 17.3. The van der Waals surface area contributed by atoms with Gasteiger partial charge in [-0.25, -0.2) is 8.42 Å². The smallest absolute Gasteiger partial charge is 0.252 e. The van der Waals surface area contributed by atoms with Crippen LogP contribution in [0, 0.1) is 12.8 Å². The molecule has 0 saturated carbocycles. The molecule has 0 unspecified atom stereocenters. The van der Waals surface area contributed by atoms with E-state index >= 15 is 0 Å². The second-order valence-electron chi connectivity index (χ2n) is 7.73. The van der Waals surface area contributed by atoms with Crippen molar-refractivity contribution in [2.45, 2.75) is 30.9 Å². The third kappa shape index (κ3) is 4.29. The second kappa shape index (κ2) is 8.74. The molecule has 2 aliphatic heterocycles. The monoisotopic (exact) mass is 453 g/mol. The third-order valence-corrected chi connectivity index (χ3v) is 9.20. The summed E-state index contributed by atoms with van der Waals surface area (Å²) in [5.74, 6) is 0.903. The van der Waals surface area contributed by atoms with Gasteiger partial charge in [0.15, 0.2) is 0 Å². The Morgan fingerprint density at radius 3 is 2.50 bits per heavy atom. The first-order valence-corrected chi connectivity index (χ1v) is 12.6. The van der Waals surface area contributed by atoms with Crippen molar-refractivity contribution in [3.63, 3.8) is 0 Å². The van der Waals surface area contributed by atoms with Gasteiger partial charge in [0.2, 0.25) is 17.6 Å². The Bertz CT molecular complexity index is 986. The number of piperazine rings is 1. The number of thiophene rings is 1. The van der Waals surface area contributed by atoms with Crippen molar-refractivity contribution in [3.05, 3.63) is 17.3 Å².